The second-order valence-electron chi connectivity index (χ2n) is 7.48. The maximum atomic E-state index is 12.1. The summed E-state index contributed by atoms with van der Waals surface area (Å²) in [6, 6.07) is -1.46. The van der Waals surface area contributed by atoms with E-state index in [0.29, 0.717) is 0 Å². The molecule has 0 fully saturated rings. The minimum Gasteiger partial charge on any atom is -0.479 e. The molecule has 0 aromatic carbocycles. The van der Waals surface area contributed by atoms with Crippen LogP contribution in [0.15, 0.2) is 6.20 Å². The average molecular weight is 355 g/mol. The van der Waals surface area contributed by atoms with E-state index in [-0.39, 0.29) is 11.5 Å². The number of hydrogen-bond donors (Lipinski definition) is 2. The van der Waals surface area contributed by atoms with Crippen molar-refractivity contribution in [3.05, 3.63) is 17.7 Å². The van der Waals surface area contributed by atoms with E-state index in [0.717, 1.165) is 4.57 Å². The fourth-order valence-electron chi connectivity index (χ4n) is 1.82. The Balaban J connectivity index is 3.03. The van der Waals surface area contributed by atoms with Crippen molar-refractivity contribution < 1.29 is 29.0 Å². The average Bonchev–Trinajstić information content (AvgIpc) is 2.73. The molecule has 1 atom stereocenters. The van der Waals surface area contributed by atoms with Crippen LogP contribution in [0.25, 0.3) is 0 Å². The molecule has 1 heterocycles. The number of amides is 1. The van der Waals surface area contributed by atoms with Gasteiger partial charge < -0.3 is 19.9 Å². The Morgan fingerprint density at radius 1 is 1.12 bits per heavy atom. The van der Waals surface area contributed by atoms with Gasteiger partial charge in [0.1, 0.15) is 17.0 Å². The fraction of sp³-hybridized carbons (Fsp3) is 0.625. The van der Waals surface area contributed by atoms with E-state index in [1.54, 1.807) is 41.5 Å². The monoisotopic (exact) mass is 355 g/mol. The molecule has 0 saturated heterocycles. The second-order valence-corrected chi connectivity index (χ2v) is 7.48. The number of ether oxygens (including phenoxy) is 2. The number of nitrogens with one attached hydrogen (secondary N) is 1. The molecule has 9 heteroatoms. The summed E-state index contributed by atoms with van der Waals surface area (Å²) in [5.41, 5.74) is -1.50. The molecule has 1 aromatic heterocycles. The van der Waals surface area contributed by atoms with Crippen LogP contribution in [0.2, 0.25) is 0 Å². The molecule has 0 radical (unpaired) electrons. The van der Waals surface area contributed by atoms with Crippen LogP contribution in [0, 0.1) is 6.92 Å². The molecular formula is C16H25N3O6. The number of carboxylic acids is 1. The molecule has 0 spiro atoms. The van der Waals surface area contributed by atoms with Crippen molar-refractivity contribution in [3.63, 3.8) is 0 Å². The largest absolute Gasteiger partial charge is 0.479 e. The number of carbonyl (C=O) groups excluding carboxylic acids is 2. The smallest absolute Gasteiger partial charge is 0.419 e. The van der Waals surface area contributed by atoms with Gasteiger partial charge in [-0.2, -0.15) is 0 Å². The van der Waals surface area contributed by atoms with Gasteiger partial charge >= 0.3 is 18.2 Å². The van der Waals surface area contributed by atoms with Gasteiger partial charge in [-0.3, -0.25) is 0 Å². The topological polar surface area (TPSA) is 120 Å². The standard InChI is InChI=1S/C16H25N3O6/c1-9-17-10(8-19(9)14(23)25-16(5,6)7)11(12(20)21)18-13(22)24-15(2,3)4/h8,11H,1-7H3,(H,18,22)(H,20,21). The molecule has 9 nitrogen and oxygen atoms in total. The Bertz CT molecular complexity index is 666. The maximum absolute atomic E-state index is 12.1. The summed E-state index contributed by atoms with van der Waals surface area (Å²) in [5, 5.41) is 11.6. The van der Waals surface area contributed by atoms with Crippen molar-refractivity contribution in [1.29, 1.82) is 0 Å². The molecule has 1 rings (SSSR count). The highest BCUT2D eigenvalue weighted by Gasteiger charge is 2.29. The number of carbonyl (C=O) groups is 3. The number of aliphatic carboxylic acids is 1. The van der Waals surface area contributed by atoms with Crippen LogP contribution in [0.1, 0.15) is 59.1 Å². The summed E-state index contributed by atoms with van der Waals surface area (Å²) in [6.45, 7) is 11.6. The van der Waals surface area contributed by atoms with Gasteiger partial charge in [-0.25, -0.2) is 23.9 Å². The molecule has 25 heavy (non-hydrogen) atoms. The number of imidazole rings is 1. The second kappa shape index (κ2) is 7.12. The van der Waals surface area contributed by atoms with Crippen LogP contribution in [0.4, 0.5) is 9.59 Å². The number of alkyl carbamates (subject to hydrolysis) is 1. The number of aromatic nitrogens is 2. The zero-order valence-electron chi connectivity index (χ0n) is 15.5. The Kier molecular flexibility index (Phi) is 5.83. The van der Waals surface area contributed by atoms with E-state index in [1.807, 2.05) is 0 Å². The third-order valence-corrected chi connectivity index (χ3v) is 2.69. The molecule has 1 amide bonds. The lowest BCUT2D eigenvalue weighted by atomic mass is 10.2. The van der Waals surface area contributed by atoms with Crippen LogP contribution in [0.5, 0.6) is 0 Å². The van der Waals surface area contributed by atoms with Gasteiger partial charge in [-0.15, -0.1) is 0 Å². The fourth-order valence-corrected chi connectivity index (χ4v) is 1.82. The van der Waals surface area contributed by atoms with Gasteiger partial charge in [0, 0.05) is 6.20 Å². The number of nitrogens with zero attached hydrogens (tertiary/aromatic N) is 2. The minimum absolute atomic E-state index is 0.0123. The molecule has 2 N–H and O–H groups in total. The normalized spacial score (nSPS) is 13.1. The van der Waals surface area contributed by atoms with E-state index >= 15 is 0 Å². The van der Waals surface area contributed by atoms with Crippen LogP contribution in [-0.4, -0.2) is 44.0 Å². The quantitative estimate of drug-likeness (QED) is 0.855. The Morgan fingerprint density at radius 2 is 1.64 bits per heavy atom. The minimum atomic E-state index is -1.46. The Morgan fingerprint density at radius 3 is 2.08 bits per heavy atom. The molecular weight excluding hydrogens is 330 g/mol. The molecule has 0 aliphatic carbocycles. The van der Waals surface area contributed by atoms with Gasteiger partial charge in [-0.1, -0.05) is 0 Å². The highest BCUT2D eigenvalue weighted by atomic mass is 16.6. The van der Waals surface area contributed by atoms with E-state index < -0.39 is 35.4 Å². The summed E-state index contributed by atoms with van der Waals surface area (Å²) < 4.78 is 11.4. The molecule has 0 bridgehead atoms. The number of aryl methyl sites for hydroxylation is 1. The number of hydrogen-bond acceptors (Lipinski definition) is 6. The van der Waals surface area contributed by atoms with Crippen molar-refractivity contribution in [2.45, 2.75) is 65.7 Å². The summed E-state index contributed by atoms with van der Waals surface area (Å²) in [4.78, 5) is 39.5. The number of rotatable bonds is 3. The maximum Gasteiger partial charge on any atom is 0.419 e. The molecule has 1 aromatic rings. The van der Waals surface area contributed by atoms with Crippen molar-refractivity contribution in [2.75, 3.05) is 0 Å². The van der Waals surface area contributed by atoms with Crippen LogP contribution in [-0.2, 0) is 14.3 Å². The first-order valence-corrected chi connectivity index (χ1v) is 7.71. The SMILES string of the molecule is Cc1nc(C(NC(=O)OC(C)(C)C)C(=O)O)cn1C(=O)OC(C)(C)C. The molecule has 140 valence electrons. The summed E-state index contributed by atoms with van der Waals surface area (Å²) in [5.74, 6) is -1.10. The van der Waals surface area contributed by atoms with Gasteiger partial charge in [0.15, 0.2) is 6.04 Å². The third kappa shape index (κ3) is 6.44. The first kappa shape index (κ1) is 20.5. The van der Waals surface area contributed by atoms with E-state index in [4.69, 9.17) is 9.47 Å². The number of carboxylic acid groups (broad SMARTS) is 1. The summed E-state index contributed by atoms with van der Waals surface area (Å²) in [6.07, 6.45) is -0.367. The van der Waals surface area contributed by atoms with E-state index in [2.05, 4.69) is 10.3 Å². The van der Waals surface area contributed by atoms with Crippen LogP contribution < -0.4 is 5.32 Å². The first-order valence-electron chi connectivity index (χ1n) is 7.71. The van der Waals surface area contributed by atoms with Crippen molar-refractivity contribution in [2.24, 2.45) is 0 Å². The zero-order chi connectivity index (χ0) is 19.6. The lowest BCUT2D eigenvalue weighted by Gasteiger charge is -2.21. The highest BCUT2D eigenvalue weighted by Crippen LogP contribution is 2.17. The van der Waals surface area contributed by atoms with Crippen LogP contribution in [0.3, 0.4) is 0 Å². The molecule has 0 aliphatic rings. The van der Waals surface area contributed by atoms with E-state index in [9.17, 15) is 19.5 Å². The molecule has 0 aliphatic heterocycles. The van der Waals surface area contributed by atoms with Gasteiger partial charge in [0.25, 0.3) is 0 Å². The predicted octanol–water partition coefficient (Wildman–Crippen LogP) is 2.63. The first-order chi connectivity index (χ1) is 11.2. The van der Waals surface area contributed by atoms with Crippen LogP contribution >= 0.6 is 0 Å². The van der Waals surface area contributed by atoms with Gasteiger partial charge in [0.2, 0.25) is 0 Å². The summed E-state index contributed by atoms with van der Waals surface area (Å²) in [7, 11) is 0. The lowest BCUT2D eigenvalue weighted by molar-refractivity contribution is -0.139. The summed E-state index contributed by atoms with van der Waals surface area (Å²) >= 11 is 0. The highest BCUT2D eigenvalue weighted by molar-refractivity contribution is 5.81. The zero-order valence-corrected chi connectivity index (χ0v) is 15.5. The predicted molar refractivity (Wildman–Crippen MR) is 88.3 cm³/mol. The Labute approximate surface area is 146 Å². The lowest BCUT2D eigenvalue weighted by Crippen LogP contribution is -2.38. The molecule has 0 saturated carbocycles. The van der Waals surface area contributed by atoms with Crippen molar-refractivity contribution in [3.8, 4) is 0 Å². The third-order valence-electron chi connectivity index (χ3n) is 2.69. The van der Waals surface area contributed by atoms with E-state index in [1.165, 1.54) is 13.1 Å². The van der Waals surface area contributed by atoms with Crippen molar-refractivity contribution in [1.82, 2.24) is 14.9 Å². The van der Waals surface area contributed by atoms with Gasteiger partial charge in [-0.05, 0) is 48.5 Å². The Hall–Kier alpha value is -2.58. The van der Waals surface area contributed by atoms with Gasteiger partial charge in [0.05, 0.1) is 5.69 Å². The van der Waals surface area contributed by atoms with Crippen molar-refractivity contribution >= 4 is 18.2 Å². The molecule has 1 unspecified atom stereocenters.